The summed E-state index contributed by atoms with van der Waals surface area (Å²) in [5.74, 6) is 0.325. The minimum Gasteiger partial charge on any atom is -0.461 e. The summed E-state index contributed by atoms with van der Waals surface area (Å²) in [5.41, 5.74) is 2.00. The number of hydrogen-bond acceptors (Lipinski definition) is 4. The number of rotatable bonds is 4. The molecule has 128 valence electrons. The Kier molecular flexibility index (Phi) is 5.00. The van der Waals surface area contributed by atoms with Gasteiger partial charge in [-0.3, -0.25) is 0 Å². The smallest absolute Gasteiger partial charge is 0.359 e. The van der Waals surface area contributed by atoms with E-state index in [9.17, 15) is 9.90 Å². The summed E-state index contributed by atoms with van der Waals surface area (Å²) in [6, 6.07) is 9.69. The molecule has 0 aliphatic heterocycles. The standard InChI is InChI=1S/C19H24N2O3/c1-3-24-19(23)17-18(14-9-5-4-6-10-14)21(13(2)20-17)15-11-7-8-12-16(15)22/h4-6,9-10,15-16,22H,3,7-8,11-12H2,1-2H3/t15-,16-/m1/s1. The number of aliphatic hydroxyl groups excluding tert-OH is 1. The summed E-state index contributed by atoms with van der Waals surface area (Å²) >= 11 is 0. The SMILES string of the molecule is CCOC(=O)c1nc(C)n([C@@H]2CCCC[C@H]2O)c1-c1ccccc1. The molecule has 0 amide bonds. The van der Waals surface area contributed by atoms with Gasteiger partial charge < -0.3 is 14.4 Å². The van der Waals surface area contributed by atoms with Crippen LogP contribution >= 0.6 is 0 Å². The molecule has 0 saturated heterocycles. The van der Waals surface area contributed by atoms with Gasteiger partial charge in [0, 0.05) is 5.56 Å². The first-order valence-electron chi connectivity index (χ1n) is 8.63. The molecule has 1 aromatic carbocycles. The first-order chi connectivity index (χ1) is 11.6. The molecule has 3 rings (SSSR count). The number of aliphatic hydroxyl groups is 1. The van der Waals surface area contributed by atoms with Gasteiger partial charge in [-0.2, -0.15) is 0 Å². The summed E-state index contributed by atoms with van der Waals surface area (Å²) in [4.78, 5) is 16.9. The van der Waals surface area contributed by atoms with Crippen molar-refractivity contribution < 1.29 is 14.6 Å². The second-order valence-corrected chi connectivity index (χ2v) is 6.23. The average Bonchev–Trinajstić information content (AvgIpc) is 2.94. The Balaban J connectivity index is 2.15. The van der Waals surface area contributed by atoms with Crippen LogP contribution in [0, 0.1) is 6.92 Å². The molecule has 1 fully saturated rings. The highest BCUT2D eigenvalue weighted by Crippen LogP contribution is 2.36. The normalized spacial score (nSPS) is 20.8. The minimum absolute atomic E-state index is 0.0513. The molecular weight excluding hydrogens is 304 g/mol. The van der Waals surface area contributed by atoms with E-state index in [2.05, 4.69) is 4.98 Å². The van der Waals surface area contributed by atoms with Gasteiger partial charge in [-0.05, 0) is 26.7 Å². The van der Waals surface area contributed by atoms with Crippen molar-refractivity contribution in [3.63, 3.8) is 0 Å². The van der Waals surface area contributed by atoms with E-state index in [1.165, 1.54) is 0 Å². The predicted octanol–water partition coefficient (Wildman–Crippen LogP) is 3.51. The third kappa shape index (κ3) is 3.08. The van der Waals surface area contributed by atoms with Crippen molar-refractivity contribution >= 4 is 5.97 Å². The Hall–Kier alpha value is -2.14. The number of carbonyl (C=O) groups excluding carboxylic acids is 1. The zero-order valence-electron chi connectivity index (χ0n) is 14.2. The molecule has 5 heteroatoms. The Bertz CT molecular complexity index is 709. The van der Waals surface area contributed by atoms with Crippen molar-refractivity contribution in [3.8, 4) is 11.3 Å². The predicted molar refractivity (Wildman–Crippen MR) is 91.9 cm³/mol. The van der Waals surface area contributed by atoms with Crippen molar-refractivity contribution in [1.29, 1.82) is 0 Å². The number of imidazole rings is 1. The molecule has 1 aliphatic rings. The maximum Gasteiger partial charge on any atom is 0.359 e. The lowest BCUT2D eigenvalue weighted by atomic mass is 9.91. The second-order valence-electron chi connectivity index (χ2n) is 6.23. The second kappa shape index (κ2) is 7.18. The van der Waals surface area contributed by atoms with E-state index in [4.69, 9.17) is 4.74 Å². The molecule has 1 aliphatic carbocycles. The highest BCUT2D eigenvalue weighted by Gasteiger charge is 2.31. The molecule has 24 heavy (non-hydrogen) atoms. The monoisotopic (exact) mass is 328 g/mol. The highest BCUT2D eigenvalue weighted by atomic mass is 16.5. The summed E-state index contributed by atoms with van der Waals surface area (Å²) in [5, 5.41) is 10.5. The molecule has 0 unspecified atom stereocenters. The number of ether oxygens (including phenoxy) is 1. The van der Waals surface area contributed by atoms with E-state index in [1.807, 2.05) is 41.8 Å². The zero-order chi connectivity index (χ0) is 17.1. The first-order valence-corrected chi connectivity index (χ1v) is 8.63. The van der Waals surface area contributed by atoms with Crippen LogP contribution in [0.15, 0.2) is 30.3 Å². The lowest BCUT2D eigenvalue weighted by Crippen LogP contribution is -2.29. The van der Waals surface area contributed by atoms with Gasteiger partial charge in [-0.15, -0.1) is 0 Å². The quantitative estimate of drug-likeness (QED) is 0.872. The lowest BCUT2D eigenvalue weighted by Gasteiger charge is -2.31. The van der Waals surface area contributed by atoms with E-state index >= 15 is 0 Å². The molecule has 1 N–H and O–H groups in total. The summed E-state index contributed by atoms with van der Waals surface area (Å²) in [7, 11) is 0. The molecule has 5 nitrogen and oxygen atoms in total. The van der Waals surface area contributed by atoms with E-state index < -0.39 is 12.1 Å². The number of aromatic nitrogens is 2. The summed E-state index contributed by atoms with van der Waals surface area (Å²) in [6.07, 6.45) is 3.37. The fourth-order valence-electron chi connectivity index (χ4n) is 3.56. The molecule has 1 saturated carbocycles. The van der Waals surface area contributed by atoms with E-state index in [0.717, 1.165) is 42.8 Å². The third-order valence-corrected chi connectivity index (χ3v) is 4.63. The Labute approximate surface area is 142 Å². The van der Waals surface area contributed by atoms with Gasteiger partial charge in [0.1, 0.15) is 5.82 Å². The molecular formula is C19H24N2O3. The van der Waals surface area contributed by atoms with Crippen LogP contribution < -0.4 is 0 Å². The zero-order valence-corrected chi connectivity index (χ0v) is 14.2. The number of aryl methyl sites for hydroxylation is 1. The van der Waals surface area contributed by atoms with E-state index in [0.29, 0.717) is 12.3 Å². The van der Waals surface area contributed by atoms with Crippen LogP contribution in [0.1, 0.15) is 55.0 Å². The highest BCUT2D eigenvalue weighted by molar-refractivity contribution is 5.94. The van der Waals surface area contributed by atoms with Crippen LogP contribution in [0.2, 0.25) is 0 Å². The van der Waals surface area contributed by atoms with Gasteiger partial charge in [0.15, 0.2) is 5.69 Å². The van der Waals surface area contributed by atoms with Crippen LogP contribution in [-0.4, -0.2) is 33.3 Å². The van der Waals surface area contributed by atoms with Gasteiger partial charge in [0.05, 0.1) is 24.4 Å². The molecule has 0 bridgehead atoms. The van der Waals surface area contributed by atoms with Crippen molar-refractivity contribution in [1.82, 2.24) is 9.55 Å². The van der Waals surface area contributed by atoms with Gasteiger partial charge in [0.25, 0.3) is 0 Å². The maximum absolute atomic E-state index is 12.4. The Morgan fingerprint density at radius 1 is 1.29 bits per heavy atom. The average molecular weight is 328 g/mol. The van der Waals surface area contributed by atoms with E-state index in [-0.39, 0.29) is 6.04 Å². The molecule has 1 aromatic heterocycles. The fraction of sp³-hybridized carbons (Fsp3) is 0.474. The minimum atomic E-state index is -0.413. The molecule has 0 radical (unpaired) electrons. The lowest BCUT2D eigenvalue weighted by molar-refractivity contribution is 0.0519. The maximum atomic E-state index is 12.4. The van der Waals surface area contributed by atoms with Crippen LogP contribution in [0.5, 0.6) is 0 Å². The molecule has 1 heterocycles. The summed E-state index contributed by atoms with van der Waals surface area (Å²) in [6.45, 7) is 3.98. The third-order valence-electron chi connectivity index (χ3n) is 4.63. The van der Waals surface area contributed by atoms with Crippen LogP contribution in [0.25, 0.3) is 11.3 Å². The Morgan fingerprint density at radius 3 is 2.67 bits per heavy atom. The number of carbonyl (C=O) groups is 1. The van der Waals surface area contributed by atoms with Gasteiger partial charge in [0.2, 0.25) is 0 Å². The molecule has 2 atom stereocenters. The van der Waals surface area contributed by atoms with Gasteiger partial charge in [-0.25, -0.2) is 9.78 Å². The summed E-state index contributed by atoms with van der Waals surface area (Å²) < 4.78 is 7.23. The van der Waals surface area contributed by atoms with Crippen molar-refractivity contribution in [2.75, 3.05) is 6.61 Å². The number of esters is 1. The van der Waals surface area contributed by atoms with Crippen LogP contribution in [-0.2, 0) is 4.74 Å². The van der Waals surface area contributed by atoms with Crippen molar-refractivity contribution in [2.24, 2.45) is 0 Å². The Morgan fingerprint density at radius 2 is 2.00 bits per heavy atom. The molecule has 2 aromatic rings. The fourth-order valence-corrected chi connectivity index (χ4v) is 3.56. The van der Waals surface area contributed by atoms with E-state index in [1.54, 1.807) is 6.92 Å². The van der Waals surface area contributed by atoms with Crippen molar-refractivity contribution in [3.05, 3.63) is 41.9 Å². The van der Waals surface area contributed by atoms with Crippen molar-refractivity contribution in [2.45, 2.75) is 51.7 Å². The van der Waals surface area contributed by atoms with Gasteiger partial charge >= 0.3 is 5.97 Å². The number of benzene rings is 1. The first kappa shape index (κ1) is 16.7. The molecule has 0 spiro atoms. The topological polar surface area (TPSA) is 64.3 Å². The number of nitrogens with zero attached hydrogens (tertiary/aromatic N) is 2. The van der Waals surface area contributed by atoms with Crippen LogP contribution in [0.3, 0.4) is 0 Å². The number of hydrogen-bond donors (Lipinski definition) is 1. The largest absolute Gasteiger partial charge is 0.461 e. The van der Waals surface area contributed by atoms with Crippen LogP contribution in [0.4, 0.5) is 0 Å². The van der Waals surface area contributed by atoms with Gasteiger partial charge in [-0.1, -0.05) is 43.2 Å².